The number of ketones is 1. The number of benzene rings is 4. The summed E-state index contributed by atoms with van der Waals surface area (Å²) in [5.74, 6) is -4.08. The van der Waals surface area contributed by atoms with Crippen LogP contribution in [0.5, 0.6) is 0 Å². The number of hydrogen-bond acceptors (Lipinski definition) is 10. The predicted molar refractivity (Wildman–Crippen MR) is 249 cm³/mol. The predicted octanol–water partition coefficient (Wildman–Crippen LogP) is 5.17. The molecule has 0 fully saturated rings. The van der Waals surface area contributed by atoms with Crippen LogP contribution in [-0.2, 0) is 54.7 Å². The van der Waals surface area contributed by atoms with Gasteiger partial charge in [-0.1, -0.05) is 149 Å². The first-order valence-corrected chi connectivity index (χ1v) is 22.3. The largest absolute Gasteiger partial charge is 0.445 e. The molecule has 4 aromatic carbocycles. The molecular formula is C51H65N5O10. The Balaban J connectivity index is 1.49. The number of amides is 5. The fraction of sp³-hybridized carbons (Fsp3) is 0.412. The molecule has 7 N–H and O–H groups in total. The maximum Gasteiger partial charge on any atom is 0.408 e. The van der Waals surface area contributed by atoms with Crippen LogP contribution in [0.1, 0.15) is 70.2 Å². The van der Waals surface area contributed by atoms with Gasteiger partial charge in [-0.15, -0.1) is 0 Å². The second-order valence-electron chi connectivity index (χ2n) is 17.2. The second-order valence-corrected chi connectivity index (χ2v) is 17.2. The standard InChI is InChI=1S/C51H65N5O10/c1-32(2)43(55-47(60)34(5)52-50(63)65-30-38-23-15-9-16-24-38)42(57)29-40(27-36-19-11-7-12-20-36)45(58)46(59)41(28-37-21-13-8-14-22-37)54-49(62)44(33(3)4)56-48(61)35(6)53-51(64)66-31-39-25-17-10-18-26-39/h7-26,32-35,40-41,43-46,58-59H,27-31H2,1-6H3,(H,52,63)(H,53,64)(H,54,62)(H,55,60)(H,56,61)/t34-,35-,40+,41-,43-,44-,45+,46+/m0/s1. The average molecular weight is 908 g/mol. The highest BCUT2D eigenvalue weighted by Gasteiger charge is 2.38. The normalized spacial score (nSPS) is 14.8. The van der Waals surface area contributed by atoms with Crippen LogP contribution < -0.4 is 26.6 Å². The number of carbonyl (C=O) groups is 6. The zero-order chi connectivity index (χ0) is 48.2. The fourth-order valence-electron chi connectivity index (χ4n) is 7.26. The number of hydrogen-bond donors (Lipinski definition) is 7. The van der Waals surface area contributed by atoms with Crippen LogP contribution in [0.3, 0.4) is 0 Å². The fourth-order valence-corrected chi connectivity index (χ4v) is 7.26. The van der Waals surface area contributed by atoms with Gasteiger partial charge < -0.3 is 46.3 Å². The lowest BCUT2D eigenvalue weighted by Gasteiger charge is -2.34. The van der Waals surface area contributed by atoms with Crippen molar-refractivity contribution < 1.29 is 48.5 Å². The smallest absolute Gasteiger partial charge is 0.408 e. The SMILES string of the molecule is CC(C)[C@H](NC(=O)[C@H](C)NC(=O)OCc1ccccc1)C(=O)C[C@@H](Cc1ccccc1)[C@@H](O)[C@H](O)[C@H](Cc1ccccc1)NC(=O)[C@@H](NC(=O)[C@H](C)NC(=O)OCc1ccccc1)C(C)C. The Labute approximate surface area is 387 Å². The molecule has 4 aromatic rings. The Morgan fingerprint density at radius 3 is 1.24 bits per heavy atom. The van der Waals surface area contributed by atoms with Gasteiger partial charge in [0.05, 0.1) is 18.2 Å². The number of Topliss-reactive ketones (excluding diaryl/α,β-unsaturated/α-hetero) is 1. The van der Waals surface area contributed by atoms with Crippen molar-refractivity contribution in [2.75, 3.05) is 0 Å². The summed E-state index contributed by atoms with van der Waals surface area (Å²) < 4.78 is 10.5. The molecule has 0 aromatic heterocycles. The quantitative estimate of drug-likeness (QED) is 0.0489. The third-order valence-corrected chi connectivity index (χ3v) is 11.1. The summed E-state index contributed by atoms with van der Waals surface area (Å²) >= 11 is 0. The molecule has 15 nitrogen and oxygen atoms in total. The molecule has 0 spiro atoms. The Hall–Kier alpha value is -6.58. The molecule has 66 heavy (non-hydrogen) atoms. The summed E-state index contributed by atoms with van der Waals surface area (Å²) in [5, 5.41) is 37.5. The van der Waals surface area contributed by atoms with E-state index in [9.17, 15) is 39.0 Å². The van der Waals surface area contributed by atoms with E-state index in [0.29, 0.717) is 0 Å². The molecule has 0 aliphatic carbocycles. The van der Waals surface area contributed by atoms with Crippen LogP contribution >= 0.6 is 0 Å². The zero-order valence-corrected chi connectivity index (χ0v) is 38.5. The number of rotatable bonds is 24. The van der Waals surface area contributed by atoms with Gasteiger partial charge in [-0.2, -0.15) is 0 Å². The lowest BCUT2D eigenvalue weighted by Crippen LogP contribution is -2.59. The highest BCUT2D eigenvalue weighted by atomic mass is 16.6. The molecule has 0 unspecified atom stereocenters. The maximum absolute atomic E-state index is 14.2. The molecular weight excluding hydrogens is 843 g/mol. The third-order valence-electron chi connectivity index (χ3n) is 11.1. The zero-order valence-electron chi connectivity index (χ0n) is 38.5. The minimum absolute atomic E-state index is 0.00240. The van der Waals surface area contributed by atoms with Gasteiger partial charge in [-0.25, -0.2) is 9.59 Å². The summed E-state index contributed by atoms with van der Waals surface area (Å²) in [6.07, 6.45) is -4.87. The minimum Gasteiger partial charge on any atom is -0.445 e. The number of aliphatic hydroxyl groups is 2. The molecule has 0 saturated carbocycles. The third kappa shape index (κ3) is 17.1. The Bertz CT molecular complexity index is 1990. The molecule has 0 aliphatic rings. The molecule has 5 amide bonds. The first-order chi connectivity index (χ1) is 31.5. The monoisotopic (exact) mass is 907 g/mol. The average Bonchev–Trinajstić information content (AvgIpc) is 3.31. The van der Waals surface area contributed by atoms with Crippen molar-refractivity contribution in [3.8, 4) is 0 Å². The van der Waals surface area contributed by atoms with E-state index in [-0.39, 0.29) is 32.5 Å². The van der Waals surface area contributed by atoms with Crippen LogP contribution in [0.4, 0.5) is 9.59 Å². The molecule has 0 heterocycles. The van der Waals surface area contributed by atoms with Crippen molar-refractivity contribution in [2.45, 2.75) is 116 Å². The van der Waals surface area contributed by atoms with Gasteiger partial charge in [0.15, 0.2) is 5.78 Å². The molecule has 4 rings (SSSR count). The lowest BCUT2D eigenvalue weighted by molar-refractivity contribution is -0.133. The van der Waals surface area contributed by atoms with Crippen LogP contribution in [0.15, 0.2) is 121 Å². The van der Waals surface area contributed by atoms with Gasteiger partial charge in [0, 0.05) is 6.42 Å². The summed E-state index contributed by atoms with van der Waals surface area (Å²) in [6, 6.07) is 30.9. The van der Waals surface area contributed by atoms with E-state index in [1.807, 2.05) is 84.9 Å². The number of alkyl carbamates (subject to hydrolysis) is 2. The van der Waals surface area contributed by atoms with Crippen molar-refractivity contribution in [1.29, 1.82) is 0 Å². The van der Waals surface area contributed by atoms with E-state index in [4.69, 9.17) is 9.47 Å². The second kappa shape index (κ2) is 26.4. The molecule has 354 valence electrons. The summed E-state index contributed by atoms with van der Waals surface area (Å²) in [6.45, 7) is 9.91. The Kier molecular flexibility index (Phi) is 20.8. The van der Waals surface area contributed by atoms with Gasteiger partial charge >= 0.3 is 12.2 Å². The molecule has 0 radical (unpaired) electrons. The summed E-state index contributed by atoms with van der Waals surface area (Å²) in [5.41, 5.74) is 3.04. The van der Waals surface area contributed by atoms with E-state index < -0.39 is 95.9 Å². The van der Waals surface area contributed by atoms with Gasteiger partial charge in [-0.3, -0.25) is 19.2 Å². The lowest BCUT2D eigenvalue weighted by atomic mass is 9.81. The minimum atomic E-state index is -1.63. The number of aliphatic hydroxyl groups excluding tert-OH is 2. The van der Waals surface area contributed by atoms with Crippen LogP contribution in [0, 0.1) is 17.8 Å². The van der Waals surface area contributed by atoms with E-state index >= 15 is 0 Å². The maximum atomic E-state index is 14.2. The topological polar surface area (TPSA) is 221 Å². The van der Waals surface area contributed by atoms with E-state index in [1.54, 1.807) is 64.1 Å². The van der Waals surface area contributed by atoms with Crippen LogP contribution in [-0.4, -0.2) is 88.3 Å². The van der Waals surface area contributed by atoms with E-state index in [1.165, 1.54) is 13.8 Å². The van der Waals surface area contributed by atoms with Crippen molar-refractivity contribution in [1.82, 2.24) is 26.6 Å². The number of ether oxygens (including phenoxy) is 2. The number of nitrogens with one attached hydrogen (secondary N) is 5. The van der Waals surface area contributed by atoms with Crippen molar-refractivity contribution in [2.24, 2.45) is 17.8 Å². The first kappa shape index (κ1) is 52.0. The van der Waals surface area contributed by atoms with Crippen molar-refractivity contribution >= 4 is 35.7 Å². The number of carbonyl (C=O) groups excluding carboxylic acids is 6. The van der Waals surface area contributed by atoms with Crippen LogP contribution in [0.25, 0.3) is 0 Å². The van der Waals surface area contributed by atoms with Gasteiger partial charge in [-0.05, 0) is 66.7 Å². The van der Waals surface area contributed by atoms with E-state index in [2.05, 4.69) is 26.6 Å². The highest BCUT2D eigenvalue weighted by Crippen LogP contribution is 2.24. The molecule has 0 aliphatic heterocycles. The molecule has 0 bridgehead atoms. The Morgan fingerprint density at radius 1 is 0.455 bits per heavy atom. The Morgan fingerprint density at radius 2 is 0.833 bits per heavy atom. The summed E-state index contributed by atoms with van der Waals surface area (Å²) in [7, 11) is 0. The summed E-state index contributed by atoms with van der Waals surface area (Å²) in [4.78, 5) is 80.1. The van der Waals surface area contributed by atoms with Gasteiger partial charge in [0.2, 0.25) is 17.7 Å². The van der Waals surface area contributed by atoms with Crippen molar-refractivity contribution in [3.05, 3.63) is 144 Å². The highest BCUT2D eigenvalue weighted by molar-refractivity contribution is 5.93. The van der Waals surface area contributed by atoms with Gasteiger partial charge in [0.25, 0.3) is 0 Å². The first-order valence-electron chi connectivity index (χ1n) is 22.3. The molecule has 0 saturated heterocycles. The van der Waals surface area contributed by atoms with Crippen molar-refractivity contribution in [3.63, 3.8) is 0 Å². The van der Waals surface area contributed by atoms with Crippen LogP contribution in [0.2, 0.25) is 0 Å². The van der Waals surface area contributed by atoms with E-state index in [0.717, 1.165) is 22.3 Å². The van der Waals surface area contributed by atoms with Gasteiger partial charge in [0.1, 0.15) is 37.4 Å². The molecule has 8 atom stereocenters. The molecule has 15 heteroatoms.